The number of rotatable bonds is 5. The minimum absolute atomic E-state index is 0.632. The lowest BCUT2D eigenvalue weighted by molar-refractivity contribution is 0.209. The van der Waals surface area contributed by atoms with Crippen LogP contribution in [0.4, 0.5) is 5.82 Å². The highest BCUT2D eigenvalue weighted by molar-refractivity contribution is 5.64. The highest BCUT2D eigenvalue weighted by atomic mass is 15.3. The Morgan fingerprint density at radius 1 is 0.920 bits per heavy atom. The van der Waals surface area contributed by atoms with Crippen LogP contribution in [0, 0.1) is 0 Å². The van der Waals surface area contributed by atoms with Gasteiger partial charge in [-0.1, -0.05) is 24.3 Å². The number of hydrogen-bond donors (Lipinski definition) is 0. The molecule has 134 valence electrons. The third kappa shape index (κ3) is 4.59. The van der Waals surface area contributed by atoms with E-state index in [0.717, 1.165) is 38.5 Å². The van der Waals surface area contributed by atoms with Crippen LogP contribution in [-0.2, 0) is 6.54 Å². The average Bonchev–Trinajstić information content (AvgIpc) is 2.62. The van der Waals surface area contributed by atoms with E-state index in [0.29, 0.717) is 6.04 Å². The number of benzene rings is 1. The maximum atomic E-state index is 4.72. The standard InChI is InChI=1S/C21H30N4/c1-17(2)24-11-13-25(14-12-24)21-10-9-20(15-22-21)19-7-5-18(6-8-19)16-23(3)4/h5-10,15,17H,11-14,16H2,1-4H3. The molecule has 0 radical (unpaired) electrons. The lowest BCUT2D eigenvalue weighted by Crippen LogP contribution is -2.49. The summed E-state index contributed by atoms with van der Waals surface area (Å²) in [5, 5.41) is 0. The number of pyridine rings is 1. The van der Waals surface area contributed by atoms with Gasteiger partial charge in [-0.3, -0.25) is 4.90 Å². The zero-order valence-electron chi connectivity index (χ0n) is 15.9. The lowest BCUT2D eigenvalue weighted by atomic mass is 10.1. The first-order chi connectivity index (χ1) is 12.0. The quantitative estimate of drug-likeness (QED) is 0.834. The fourth-order valence-electron chi connectivity index (χ4n) is 3.38. The van der Waals surface area contributed by atoms with E-state index >= 15 is 0 Å². The van der Waals surface area contributed by atoms with E-state index in [-0.39, 0.29) is 0 Å². The summed E-state index contributed by atoms with van der Waals surface area (Å²) >= 11 is 0. The zero-order chi connectivity index (χ0) is 17.8. The van der Waals surface area contributed by atoms with E-state index in [2.05, 4.69) is 79.0 Å². The van der Waals surface area contributed by atoms with Gasteiger partial charge in [0.15, 0.2) is 0 Å². The molecule has 0 aliphatic carbocycles. The molecule has 0 N–H and O–H groups in total. The lowest BCUT2D eigenvalue weighted by Gasteiger charge is -2.37. The van der Waals surface area contributed by atoms with Gasteiger partial charge in [0.2, 0.25) is 0 Å². The second kappa shape index (κ2) is 7.98. The van der Waals surface area contributed by atoms with E-state index in [1.54, 1.807) is 0 Å². The van der Waals surface area contributed by atoms with Crippen LogP contribution in [-0.4, -0.2) is 61.1 Å². The maximum absolute atomic E-state index is 4.72. The molecule has 0 bridgehead atoms. The summed E-state index contributed by atoms with van der Waals surface area (Å²) in [6.07, 6.45) is 2.01. The van der Waals surface area contributed by atoms with Crippen molar-refractivity contribution in [1.29, 1.82) is 0 Å². The first-order valence-corrected chi connectivity index (χ1v) is 9.22. The summed E-state index contributed by atoms with van der Waals surface area (Å²) in [5.41, 5.74) is 3.74. The molecule has 1 aromatic carbocycles. The Kier molecular flexibility index (Phi) is 5.71. The van der Waals surface area contributed by atoms with E-state index < -0.39 is 0 Å². The minimum atomic E-state index is 0.632. The molecule has 1 fully saturated rings. The van der Waals surface area contributed by atoms with Gasteiger partial charge in [-0.25, -0.2) is 4.98 Å². The molecule has 0 amide bonds. The normalized spacial score (nSPS) is 16.0. The van der Waals surface area contributed by atoms with Crippen LogP contribution in [0.1, 0.15) is 19.4 Å². The van der Waals surface area contributed by atoms with Gasteiger partial charge in [0, 0.05) is 50.5 Å². The fraction of sp³-hybridized carbons (Fsp3) is 0.476. The predicted octanol–water partition coefficient (Wildman–Crippen LogP) is 3.34. The molecule has 2 heterocycles. The second-order valence-electron chi connectivity index (χ2n) is 7.46. The van der Waals surface area contributed by atoms with E-state index in [4.69, 9.17) is 4.98 Å². The second-order valence-corrected chi connectivity index (χ2v) is 7.46. The van der Waals surface area contributed by atoms with Crippen molar-refractivity contribution >= 4 is 5.82 Å². The Morgan fingerprint density at radius 2 is 1.56 bits per heavy atom. The molecule has 0 spiro atoms. The monoisotopic (exact) mass is 338 g/mol. The van der Waals surface area contributed by atoms with Gasteiger partial charge in [-0.05, 0) is 51.2 Å². The van der Waals surface area contributed by atoms with Gasteiger partial charge in [-0.2, -0.15) is 0 Å². The molecule has 1 aliphatic heterocycles. The van der Waals surface area contributed by atoms with E-state index in [1.165, 1.54) is 16.7 Å². The first-order valence-electron chi connectivity index (χ1n) is 9.22. The smallest absolute Gasteiger partial charge is 0.128 e. The van der Waals surface area contributed by atoms with Gasteiger partial charge < -0.3 is 9.80 Å². The van der Waals surface area contributed by atoms with Crippen LogP contribution in [0.5, 0.6) is 0 Å². The number of aromatic nitrogens is 1. The van der Waals surface area contributed by atoms with Crippen molar-refractivity contribution in [2.45, 2.75) is 26.4 Å². The molecule has 0 unspecified atom stereocenters. The first kappa shape index (κ1) is 17.9. The Morgan fingerprint density at radius 3 is 2.08 bits per heavy atom. The van der Waals surface area contributed by atoms with Gasteiger partial charge in [-0.15, -0.1) is 0 Å². The summed E-state index contributed by atoms with van der Waals surface area (Å²) < 4.78 is 0. The number of nitrogens with zero attached hydrogens (tertiary/aromatic N) is 4. The molecule has 0 atom stereocenters. The Labute approximate surface area is 152 Å². The number of anilines is 1. The third-order valence-electron chi connectivity index (χ3n) is 4.90. The summed E-state index contributed by atoms with van der Waals surface area (Å²) in [4.78, 5) is 11.8. The Bertz CT molecular complexity index is 653. The molecule has 25 heavy (non-hydrogen) atoms. The van der Waals surface area contributed by atoms with E-state index in [1.807, 2.05) is 6.20 Å². The molecule has 2 aromatic rings. The highest BCUT2D eigenvalue weighted by Crippen LogP contribution is 2.22. The molecule has 1 aromatic heterocycles. The SMILES string of the molecule is CC(C)N1CCN(c2ccc(-c3ccc(CN(C)C)cc3)cn2)CC1. The molecule has 4 heteroatoms. The fourth-order valence-corrected chi connectivity index (χ4v) is 3.38. The third-order valence-corrected chi connectivity index (χ3v) is 4.90. The summed E-state index contributed by atoms with van der Waals surface area (Å²) in [5.74, 6) is 1.09. The largest absolute Gasteiger partial charge is 0.354 e. The topological polar surface area (TPSA) is 22.6 Å². The zero-order valence-corrected chi connectivity index (χ0v) is 15.9. The van der Waals surface area contributed by atoms with Crippen molar-refractivity contribution < 1.29 is 0 Å². The van der Waals surface area contributed by atoms with Gasteiger partial charge in [0.05, 0.1) is 0 Å². The summed E-state index contributed by atoms with van der Waals surface area (Å²) in [6.45, 7) is 9.87. The summed E-state index contributed by atoms with van der Waals surface area (Å²) in [7, 11) is 4.19. The van der Waals surface area contributed by atoms with Gasteiger partial charge in [0.1, 0.15) is 5.82 Å². The molecule has 1 saturated heterocycles. The average molecular weight is 338 g/mol. The van der Waals surface area contributed by atoms with Crippen LogP contribution < -0.4 is 4.90 Å². The van der Waals surface area contributed by atoms with Crippen molar-refractivity contribution in [3.05, 3.63) is 48.2 Å². The highest BCUT2D eigenvalue weighted by Gasteiger charge is 2.19. The van der Waals surface area contributed by atoms with Crippen LogP contribution in [0.25, 0.3) is 11.1 Å². The van der Waals surface area contributed by atoms with Crippen molar-refractivity contribution in [3.63, 3.8) is 0 Å². The number of piperazine rings is 1. The van der Waals surface area contributed by atoms with E-state index in [9.17, 15) is 0 Å². The molecule has 0 saturated carbocycles. The molecular formula is C21H30N4. The number of hydrogen-bond acceptors (Lipinski definition) is 4. The van der Waals surface area contributed by atoms with Crippen molar-refractivity contribution in [1.82, 2.24) is 14.8 Å². The Balaban J connectivity index is 1.64. The molecule has 3 rings (SSSR count). The van der Waals surface area contributed by atoms with Crippen LogP contribution in [0.2, 0.25) is 0 Å². The maximum Gasteiger partial charge on any atom is 0.128 e. The molecular weight excluding hydrogens is 308 g/mol. The van der Waals surface area contributed by atoms with Crippen molar-refractivity contribution in [3.8, 4) is 11.1 Å². The van der Waals surface area contributed by atoms with Crippen molar-refractivity contribution in [2.24, 2.45) is 0 Å². The van der Waals surface area contributed by atoms with Crippen LogP contribution in [0.3, 0.4) is 0 Å². The van der Waals surface area contributed by atoms with Gasteiger partial charge >= 0.3 is 0 Å². The van der Waals surface area contributed by atoms with Gasteiger partial charge in [0.25, 0.3) is 0 Å². The molecule has 4 nitrogen and oxygen atoms in total. The molecule has 1 aliphatic rings. The van der Waals surface area contributed by atoms with Crippen LogP contribution in [0.15, 0.2) is 42.6 Å². The van der Waals surface area contributed by atoms with Crippen LogP contribution >= 0.6 is 0 Å². The predicted molar refractivity (Wildman–Crippen MR) is 106 cm³/mol. The Hall–Kier alpha value is -1.91. The minimum Gasteiger partial charge on any atom is -0.354 e. The summed E-state index contributed by atoms with van der Waals surface area (Å²) in [6, 6.07) is 13.8. The van der Waals surface area contributed by atoms with Crippen molar-refractivity contribution in [2.75, 3.05) is 45.2 Å².